The number of primary amides is 1. The van der Waals surface area contributed by atoms with Gasteiger partial charge >= 0.3 is 0 Å². The molecule has 0 radical (unpaired) electrons. The number of amides is 1. The van der Waals surface area contributed by atoms with Crippen LogP contribution in [0.3, 0.4) is 0 Å². The minimum absolute atomic E-state index is 0.404. The summed E-state index contributed by atoms with van der Waals surface area (Å²) in [5, 5.41) is 3.28. The van der Waals surface area contributed by atoms with E-state index in [-0.39, 0.29) is 0 Å². The van der Waals surface area contributed by atoms with Crippen LogP contribution in [0.5, 0.6) is 0 Å². The fourth-order valence-corrected chi connectivity index (χ4v) is 1.97. The minimum Gasteiger partial charge on any atom is -0.444 e. The maximum atomic E-state index is 11.1. The molecule has 0 unspecified atom stereocenters. The Bertz CT molecular complexity index is 613. The van der Waals surface area contributed by atoms with Crippen LogP contribution in [0.2, 0.25) is 0 Å². The number of benzene rings is 1. The molecule has 2 rings (SSSR count). The van der Waals surface area contributed by atoms with Gasteiger partial charge in [-0.3, -0.25) is 4.79 Å². The SMILES string of the molecule is Cc1cc(C(N)=O)ccc1CNCc1nc(C)c(C)o1. The van der Waals surface area contributed by atoms with Gasteiger partial charge in [-0.25, -0.2) is 4.98 Å². The van der Waals surface area contributed by atoms with E-state index >= 15 is 0 Å². The highest BCUT2D eigenvalue weighted by Crippen LogP contribution is 2.12. The number of aryl methyl sites for hydroxylation is 3. The Hall–Kier alpha value is -2.14. The van der Waals surface area contributed by atoms with E-state index in [1.54, 1.807) is 12.1 Å². The second kappa shape index (κ2) is 5.88. The van der Waals surface area contributed by atoms with Crippen LogP contribution >= 0.6 is 0 Å². The number of nitrogens with one attached hydrogen (secondary N) is 1. The first-order chi connectivity index (χ1) is 9.47. The van der Waals surface area contributed by atoms with E-state index in [1.807, 2.05) is 26.8 Å². The minimum atomic E-state index is -0.404. The van der Waals surface area contributed by atoms with Crippen molar-refractivity contribution >= 4 is 5.91 Å². The lowest BCUT2D eigenvalue weighted by Crippen LogP contribution is -2.15. The van der Waals surface area contributed by atoms with Gasteiger partial charge in [0.25, 0.3) is 0 Å². The van der Waals surface area contributed by atoms with Crippen LogP contribution in [0.15, 0.2) is 22.6 Å². The standard InChI is InChI=1S/C15H19N3O2/c1-9-6-12(15(16)19)4-5-13(9)7-17-8-14-18-10(2)11(3)20-14/h4-6,17H,7-8H2,1-3H3,(H2,16,19). The molecule has 106 valence electrons. The summed E-state index contributed by atoms with van der Waals surface area (Å²) in [4.78, 5) is 15.4. The van der Waals surface area contributed by atoms with Crippen molar-refractivity contribution in [3.8, 4) is 0 Å². The van der Waals surface area contributed by atoms with Gasteiger partial charge in [-0.2, -0.15) is 0 Å². The Kier molecular flexibility index (Phi) is 4.20. The Morgan fingerprint density at radius 2 is 2.05 bits per heavy atom. The van der Waals surface area contributed by atoms with Crippen molar-refractivity contribution in [2.24, 2.45) is 5.73 Å². The predicted molar refractivity (Wildman–Crippen MR) is 76.2 cm³/mol. The largest absolute Gasteiger partial charge is 0.444 e. The summed E-state index contributed by atoms with van der Waals surface area (Å²) in [5.41, 5.74) is 8.86. The molecular weight excluding hydrogens is 254 g/mol. The van der Waals surface area contributed by atoms with Crippen molar-refractivity contribution in [1.82, 2.24) is 10.3 Å². The molecule has 5 nitrogen and oxygen atoms in total. The highest BCUT2D eigenvalue weighted by molar-refractivity contribution is 5.93. The quantitative estimate of drug-likeness (QED) is 0.873. The van der Waals surface area contributed by atoms with Crippen LogP contribution < -0.4 is 11.1 Å². The zero-order chi connectivity index (χ0) is 14.7. The summed E-state index contributed by atoms with van der Waals surface area (Å²) in [6, 6.07) is 5.46. The third kappa shape index (κ3) is 3.24. The van der Waals surface area contributed by atoms with E-state index in [0.717, 1.165) is 22.6 Å². The number of rotatable bonds is 5. The average Bonchev–Trinajstić information content (AvgIpc) is 2.70. The highest BCUT2D eigenvalue weighted by atomic mass is 16.4. The average molecular weight is 273 g/mol. The number of oxazole rings is 1. The van der Waals surface area contributed by atoms with Crippen molar-refractivity contribution in [2.45, 2.75) is 33.9 Å². The summed E-state index contributed by atoms with van der Waals surface area (Å²) >= 11 is 0. The van der Waals surface area contributed by atoms with E-state index in [0.29, 0.717) is 24.5 Å². The Labute approximate surface area is 118 Å². The van der Waals surface area contributed by atoms with Gasteiger partial charge in [-0.05, 0) is 44.0 Å². The van der Waals surface area contributed by atoms with Crippen LogP contribution in [0.4, 0.5) is 0 Å². The number of aromatic nitrogens is 1. The second-order valence-corrected chi connectivity index (χ2v) is 4.86. The summed E-state index contributed by atoms with van der Waals surface area (Å²) in [7, 11) is 0. The molecule has 3 N–H and O–H groups in total. The molecule has 2 aromatic rings. The number of hydrogen-bond acceptors (Lipinski definition) is 4. The molecule has 0 saturated carbocycles. The van der Waals surface area contributed by atoms with Crippen LogP contribution in [-0.4, -0.2) is 10.9 Å². The van der Waals surface area contributed by atoms with Crippen molar-refractivity contribution in [3.63, 3.8) is 0 Å². The van der Waals surface area contributed by atoms with Crippen LogP contribution in [-0.2, 0) is 13.1 Å². The van der Waals surface area contributed by atoms with Crippen LogP contribution in [0.25, 0.3) is 0 Å². The summed E-state index contributed by atoms with van der Waals surface area (Å²) in [6.45, 7) is 7.05. The molecule has 0 fully saturated rings. The van der Waals surface area contributed by atoms with Crippen molar-refractivity contribution in [3.05, 3.63) is 52.2 Å². The van der Waals surface area contributed by atoms with E-state index in [1.165, 1.54) is 0 Å². The second-order valence-electron chi connectivity index (χ2n) is 4.86. The number of nitrogens with zero attached hydrogens (tertiary/aromatic N) is 1. The smallest absolute Gasteiger partial charge is 0.248 e. The number of carbonyl (C=O) groups excluding carboxylic acids is 1. The van der Waals surface area contributed by atoms with Crippen molar-refractivity contribution in [2.75, 3.05) is 0 Å². The molecule has 0 saturated heterocycles. The van der Waals surface area contributed by atoms with Gasteiger partial charge < -0.3 is 15.5 Å². The fourth-order valence-electron chi connectivity index (χ4n) is 1.97. The lowest BCUT2D eigenvalue weighted by molar-refractivity contribution is 0.1000. The van der Waals surface area contributed by atoms with Crippen molar-refractivity contribution in [1.29, 1.82) is 0 Å². The molecule has 1 amide bonds. The van der Waals surface area contributed by atoms with Gasteiger partial charge in [0.15, 0.2) is 0 Å². The Morgan fingerprint density at radius 3 is 2.60 bits per heavy atom. The summed E-state index contributed by atoms with van der Waals surface area (Å²) in [5.74, 6) is 1.13. The molecule has 0 aliphatic carbocycles. The first-order valence-corrected chi connectivity index (χ1v) is 6.50. The van der Waals surface area contributed by atoms with Crippen LogP contribution in [0, 0.1) is 20.8 Å². The monoisotopic (exact) mass is 273 g/mol. The third-order valence-electron chi connectivity index (χ3n) is 3.29. The fraction of sp³-hybridized carbons (Fsp3) is 0.333. The van der Waals surface area contributed by atoms with E-state index in [9.17, 15) is 4.79 Å². The van der Waals surface area contributed by atoms with Crippen molar-refractivity contribution < 1.29 is 9.21 Å². The van der Waals surface area contributed by atoms with Gasteiger partial charge in [-0.15, -0.1) is 0 Å². The number of carbonyl (C=O) groups is 1. The van der Waals surface area contributed by atoms with E-state index in [2.05, 4.69) is 10.3 Å². The molecule has 20 heavy (non-hydrogen) atoms. The molecule has 0 aliphatic heterocycles. The molecule has 5 heteroatoms. The lowest BCUT2D eigenvalue weighted by atomic mass is 10.0. The van der Waals surface area contributed by atoms with Crippen LogP contribution in [0.1, 0.15) is 38.8 Å². The molecule has 1 aromatic carbocycles. The topological polar surface area (TPSA) is 81.2 Å². The summed E-state index contributed by atoms with van der Waals surface area (Å²) < 4.78 is 5.50. The highest BCUT2D eigenvalue weighted by Gasteiger charge is 2.06. The first-order valence-electron chi connectivity index (χ1n) is 6.50. The zero-order valence-corrected chi connectivity index (χ0v) is 12.0. The van der Waals surface area contributed by atoms with Gasteiger partial charge in [0.2, 0.25) is 11.8 Å². The zero-order valence-electron chi connectivity index (χ0n) is 12.0. The molecule has 1 aromatic heterocycles. The number of hydrogen-bond donors (Lipinski definition) is 2. The van der Waals surface area contributed by atoms with Gasteiger partial charge in [0.1, 0.15) is 5.76 Å². The van der Waals surface area contributed by atoms with E-state index in [4.69, 9.17) is 10.2 Å². The summed E-state index contributed by atoms with van der Waals surface area (Å²) in [6.07, 6.45) is 0. The molecule has 1 heterocycles. The third-order valence-corrected chi connectivity index (χ3v) is 3.29. The predicted octanol–water partition coefficient (Wildman–Crippen LogP) is 1.99. The molecule has 0 bridgehead atoms. The lowest BCUT2D eigenvalue weighted by Gasteiger charge is -2.07. The molecule has 0 spiro atoms. The number of nitrogens with two attached hydrogens (primary N) is 1. The van der Waals surface area contributed by atoms with Gasteiger partial charge in [-0.1, -0.05) is 6.07 Å². The maximum Gasteiger partial charge on any atom is 0.248 e. The Morgan fingerprint density at radius 1 is 1.30 bits per heavy atom. The Balaban J connectivity index is 1.95. The molecule has 0 atom stereocenters. The maximum absolute atomic E-state index is 11.1. The van der Waals surface area contributed by atoms with Gasteiger partial charge in [0.05, 0.1) is 12.2 Å². The van der Waals surface area contributed by atoms with E-state index < -0.39 is 5.91 Å². The normalized spacial score (nSPS) is 10.8. The molecular formula is C15H19N3O2. The first kappa shape index (κ1) is 14.3. The van der Waals surface area contributed by atoms with Gasteiger partial charge in [0, 0.05) is 12.1 Å². The molecule has 0 aliphatic rings.